The molecule has 0 saturated heterocycles. The monoisotopic (exact) mass is 290 g/mol. The molecule has 1 unspecified atom stereocenters. The molecule has 6 heteroatoms. The number of nitrogens with one attached hydrogen (secondary N) is 1. The molecule has 0 aliphatic rings. The number of rotatable bonds is 6. The maximum atomic E-state index is 12.1. The number of hydrogen-bond donors (Lipinski definition) is 2. The van der Waals surface area contributed by atoms with Gasteiger partial charge in [0.1, 0.15) is 6.04 Å². The van der Waals surface area contributed by atoms with Crippen molar-refractivity contribution in [2.45, 2.75) is 13.0 Å². The quantitative estimate of drug-likeness (QED) is 0.793. The molecule has 2 rings (SSSR count). The molecule has 1 heterocycles. The second-order valence-corrected chi connectivity index (χ2v) is 4.73. The van der Waals surface area contributed by atoms with Crippen LogP contribution < -0.4 is 5.32 Å². The van der Waals surface area contributed by atoms with Crippen LogP contribution in [0, 0.1) is 0 Å². The molecule has 0 fully saturated rings. The minimum absolute atomic E-state index is 0.176. The molecule has 0 aliphatic carbocycles. The van der Waals surface area contributed by atoms with E-state index in [2.05, 4.69) is 5.32 Å². The Hall–Kier alpha value is -2.34. The SMILES string of the molecule is COCCNC(=O)C(C)n1ccc2cccc(C(=O)O)c21. The summed E-state index contributed by atoms with van der Waals surface area (Å²) in [5, 5.41) is 12.8. The summed E-state index contributed by atoms with van der Waals surface area (Å²) < 4.78 is 6.57. The smallest absolute Gasteiger partial charge is 0.337 e. The van der Waals surface area contributed by atoms with Crippen LogP contribution in [-0.2, 0) is 9.53 Å². The predicted octanol–water partition coefficient (Wildman–Crippen LogP) is 1.66. The molecule has 1 atom stereocenters. The summed E-state index contributed by atoms with van der Waals surface area (Å²) in [4.78, 5) is 23.4. The van der Waals surface area contributed by atoms with Crippen molar-refractivity contribution in [2.24, 2.45) is 0 Å². The average molecular weight is 290 g/mol. The van der Waals surface area contributed by atoms with Crippen molar-refractivity contribution in [3.63, 3.8) is 0 Å². The van der Waals surface area contributed by atoms with Crippen LogP contribution in [0.2, 0.25) is 0 Å². The van der Waals surface area contributed by atoms with E-state index in [4.69, 9.17) is 4.74 Å². The van der Waals surface area contributed by atoms with E-state index in [0.29, 0.717) is 18.7 Å². The van der Waals surface area contributed by atoms with E-state index >= 15 is 0 Å². The zero-order valence-corrected chi connectivity index (χ0v) is 12.0. The number of aromatic carboxylic acids is 1. The summed E-state index contributed by atoms with van der Waals surface area (Å²) in [7, 11) is 1.56. The number of aromatic nitrogens is 1. The number of hydrogen-bond acceptors (Lipinski definition) is 3. The number of nitrogens with zero attached hydrogens (tertiary/aromatic N) is 1. The van der Waals surface area contributed by atoms with Crippen molar-refractivity contribution in [1.29, 1.82) is 0 Å². The van der Waals surface area contributed by atoms with Crippen molar-refractivity contribution in [1.82, 2.24) is 9.88 Å². The normalized spacial score (nSPS) is 12.3. The number of carbonyl (C=O) groups is 2. The Kier molecular flexibility index (Phi) is 4.59. The van der Waals surface area contributed by atoms with E-state index in [0.717, 1.165) is 5.39 Å². The van der Waals surface area contributed by atoms with Crippen LogP contribution in [0.15, 0.2) is 30.5 Å². The zero-order chi connectivity index (χ0) is 15.4. The number of methoxy groups -OCH3 is 1. The first kappa shape index (κ1) is 15.1. The van der Waals surface area contributed by atoms with Crippen LogP contribution in [0.25, 0.3) is 10.9 Å². The number of ether oxygens (including phenoxy) is 1. The Labute approximate surface area is 122 Å². The molecular weight excluding hydrogens is 272 g/mol. The molecule has 6 nitrogen and oxygen atoms in total. The predicted molar refractivity (Wildman–Crippen MR) is 78.5 cm³/mol. The highest BCUT2D eigenvalue weighted by molar-refractivity contribution is 6.03. The first-order valence-corrected chi connectivity index (χ1v) is 6.65. The Morgan fingerprint density at radius 3 is 2.81 bits per heavy atom. The Bertz CT molecular complexity index is 663. The summed E-state index contributed by atoms with van der Waals surface area (Å²) in [5.74, 6) is -1.18. The van der Waals surface area contributed by atoms with Crippen LogP contribution in [0.5, 0.6) is 0 Å². The molecule has 2 aromatic rings. The minimum Gasteiger partial charge on any atom is -0.478 e. The molecular formula is C15H18N2O4. The highest BCUT2D eigenvalue weighted by Crippen LogP contribution is 2.24. The van der Waals surface area contributed by atoms with Gasteiger partial charge in [0.05, 0.1) is 17.7 Å². The Balaban J connectivity index is 2.33. The van der Waals surface area contributed by atoms with Crippen molar-refractivity contribution in [3.8, 4) is 0 Å². The molecule has 1 aromatic carbocycles. The van der Waals surface area contributed by atoms with Gasteiger partial charge in [-0.05, 0) is 19.1 Å². The fourth-order valence-electron chi connectivity index (χ4n) is 2.26. The molecule has 1 aromatic heterocycles. The van der Waals surface area contributed by atoms with E-state index in [1.165, 1.54) is 6.07 Å². The van der Waals surface area contributed by atoms with Gasteiger partial charge in [0.15, 0.2) is 0 Å². The molecule has 0 aliphatic heterocycles. The molecule has 0 spiro atoms. The second-order valence-electron chi connectivity index (χ2n) is 4.73. The van der Waals surface area contributed by atoms with Gasteiger partial charge in [-0.15, -0.1) is 0 Å². The zero-order valence-electron chi connectivity index (χ0n) is 12.0. The number of carboxylic acid groups (broad SMARTS) is 1. The van der Waals surface area contributed by atoms with Crippen molar-refractivity contribution >= 4 is 22.8 Å². The van der Waals surface area contributed by atoms with Gasteiger partial charge in [0.25, 0.3) is 0 Å². The lowest BCUT2D eigenvalue weighted by molar-refractivity contribution is -0.123. The summed E-state index contributed by atoms with van der Waals surface area (Å²) >= 11 is 0. The summed E-state index contributed by atoms with van der Waals surface area (Å²) in [5.41, 5.74) is 0.744. The second kappa shape index (κ2) is 6.41. The number of fused-ring (bicyclic) bond motifs is 1. The van der Waals surface area contributed by atoms with Gasteiger partial charge in [-0.3, -0.25) is 4.79 Å². The molecule has 0 bridgehead atoms. The Morgan fingerprint density at radius 2 is 2.14 bits per heavy atom. The van der Waals surface area contributed by atoms with Gasteiger partial charge in [-0.25, -0.2) is 4.79 Å². The third kappa shape index (κ3) is 3.05. The van der Waals surface area contributed by atoms with E-state index in [1.54, 1.807) is 36.9 Å². The van der Waals surface area contributed by atoms with Gasteiger partial charge < -0.3 is 19.7 Å². The summed E-state index contributed by atoms with van der Waals surface area (Å²) in [6, 6.07) is 6.37. The molecule has 112 valence electrons. The van der Waals surface area contributed by atoms with Gasteiger partial charge >= 0.3 is 5.97 Å². The van der Waals surface area contributed by atoms with E-state index in [1.807, 2.05) is 6.07 Å². The van der Waals surface area contributed by atoms with Crippen LogP contribution in [0.3, 0.4) is 0 Å². The third-order valence-electron chi connectivity index (χ3n) is 3.37. The van der Waals surface area contributed by atoms with Crippen LogP contribution >= 0.6 is 0 Å². The molecule has 0 saturated carbocycles. The lowest BCUT2D eigenvalue weighted by atomic mass is 10.1. The van der Waals surface area contributed by atoms with Gasteiger partial charge in [-0.1, -0.05) is 12.1 Å². The fourth-order valence-corrected chi connectivity index (χ4v) is 2.26. The lowest BCUT2D eigenvalue weighted by Crippen LogP contribution is -2.33. The average Bonchev–Trinajstić information content (AvgIpc) is 2.90. The maximum Gasteiger partial charge on any atom is 0.337 e. The topological polar surface area (TPSA) is 80.6 Å². The first-order valence-electron chi connectivity index (χ1n) is 6.65. The molecule has 21 heavy (non-hydrogen) atoms. The van der Waals surface area contributed by atoms with Gasteiger partial charge in [0.2, 0.25) is 5.91 Å². The largest absolute Gasteiger partial charge is 0.478 e. The minimum atomic E-state index is -1.01. The number of benzene rings is 1. The van der Waals surface area contributed by atoms with Crippen molar-refractivity contribution < 1.29 is 19.4 Å². The number of carbonyl (C=O) groups excluding carboxylic acids is 1. The van der Waals surface area contributed by atoms with Gasteiger partial charge in [-0.2, -0.15) is 0 Å². The van der Waals surface area contributed by atoms with Crippen molar-refractivity contribution in [3.05, 3.63) is 36.0 Å². The summed E-state index contributed by atoms with van der Waals surface area (Å²) in [6.45, 7) is 2.59. The standard InChI is InChI=1S/C15H18N2O4/c1-10(14(18)16-7-9-21-2)17-8-6-11-4-3-5-12(13(11)17)15(19)20/h3-6,8,10H,7,9H2,1-2H3,(H,16,18)(H,19,20). The van der Waals surface area contributed by atoms with Crippen LogP contribution in [-0.4, -0.2) is 41.8 Å². The van der Waals surface area contributed by atoms with E-state index in [-0.39, 0.29) is 11.5 Å². The van der Waals surface area contributed by atoms with Crippen LogP contribution in [0.4, 0.5) is 0 Å². The molecule has 2 N–H and O–H groups in total. The van der Waals surface area contributed by atoms with Crippen LogP contribution in [0.1, 0.15) is 23.3 Å². The number of para-hydroxylation sites is 1. The third-order valence-corrected chi connectivity index (χ3v) is 3.37. The fraction of sp³-hybridized carbons (Fsp3) is 0.333. The lowest BCUT2D eigenvalue weighted by Gasteiger charge is -2.16. The maximum absolute atomic E-state index is 12.1. The summed E-state index contributed by atoms with van der Waals surface area (Å²) in [6.07, 6.45) is 1.73. The highest BCUT2D eigenvalue weighted by Gasteiger charge is 2.19. The first-order chi connectivity index (χ1) is 10.1. The number of amides is 1. The molecule has 0 radical (unpaired) electrons. The Morgan fingerprint density at radius 1 is 1.38 bits per heavy atom. The van der Waals surface area contributed by atoms with E-state index in [9.17, 15) is 14.7 Å². The van der Waals surface area contributed by atoms with E-state index < -0.39 is 12.0 Å². The highest BCUT2D eigenvalue weighted by atomic mass is 16.5. The number of carboxylic acids is 1. The molecule has 1 amide bonds. The van der Waals surface area contributed by atoms with Crippen molar-refractivity contribution in [2.75, 3.05) is 20.3 Å². The van der Waals surface area contributed by atoms with Gasteiger partial charge in [0, 0.05) is 25.2 Å².